The monoisotopic (exact) mass is 320 g/mol. The minimum atomic E-state index is 0.782. The molecule has 0 bridgehead atoms. The maximum atomic E-state index is 5.29. The van der Waals surface area contributed by atoms with Gasteiger partial charge in [0.05, 0.1) is 17.7 Å². The zero-order valence-corrected chi connectivity index (χ0v) is 10.7. The van der Waals surface area contributed by atoms with E-state index in [2.05, 4.69) is 41.7 Å². The lowest BCUT2D eigenvalue weighted by atomic mass is 10.4. The molecule has 5 heteroatoms. The SMILES string of the molecule is Brc1cnc(N2CCOCC2)c(Br)c1. The van der Waals surface area contributed by atoms with E-state index in [4.69, 9.17) is 4.74 Å². The van der Waals surface area contributed by atoms with Crippen molar-refractivity contribution in [2.45, 2.75) is 0 Å². The summed E-state index contributed by atoms with van der Waals surface area (Å²) in [5.74, 6) is 0.997. The van der Waals surface area contributed by atoms with E-state index in [0.29, 0.717) is 0 Å². The first-order chi connectivity index (χ1) is 6.77. The minimum Gasteiger partial charge on any atom is -0.378 e. The van der Waals surface area contributed by atoms with Crippen LogP contribution in [-0.2, 0) is 4.74 Å². The van der Waals surface area contributed by atoms with Crippen LogP contribution < -0.4 is 4.90 Å². The molecule has 0 aromatic carbocycles. The Morgan fingerprint density at radius 3 is 2.64 bits per heavy atom. The molecule has 0 amide bonds. The van der Waals surface area contributed by atoms with Gasteiger partial charge in [0.15, 0.2) is 0 Å². The fourth-order valence-electron chi connectivity index (χ4n) is 1.42. The highest BCUT2D eigenvalue weighted by Crippen LogP contribution is 2.26. The Hall–Kier alpha value is -0.130. The Labute approximate surface area is 99.7 Å². The second kappa shape index (κ2) is 4.59. The summed E-state index contributed by atoms with van der Waals surface area (Å²) < 4.78 is 7.30. The van der Waals surface area contributed by atoms with Crippen LogP contribution in [-0.4, -0.2) is 31.3 Å². The molecule has 0 spiro atoms. The quantitative estimate of drug-likeness (QED) is 0.794. The summed E-state index contributed by atoms with van der Waals surface area (Å²) in [4.78, 5) is 6.60. The van der Waals surface area contributed by atoms with E-state index in [0.717, 1.165) is 41.1 Å². The van der Waals surface area contributed by atoms with Crippen molar-refractivity contribution in [3.8, 4) is 0 Å². The number of hydrogen-bond acceptors (Lipinski definition) is 3. The molecule has 1 aliphatic heterocycles. The Bertz CT molecular complexity index is 327. The van der Waals surface area contributed by atoms with Crippen molar-refractivity contribution in [3.63, 3.8) is 0 Å². The van der Waals surface area contributed by atoms with Crippen LogP contribution in [0.2, 0.25) is 0 Å². The number of rotatable bonds is 1. The zero-order chi connectivity index (χ0) is 9.97. The molecule has 14 heavy (non-hydrogen) atoms. The molecule has 76 valence electrons. The topological polar surface area (TPSA) is 25.4 Å². The summed E-state index contributed by atoms with van der Waals surface area (Å²) in [6.45, 7) is 3.38. The van der Waals surface area contributed by atoms with E-state index in [9.17, 15) is 0 Å². The largest absolute Gasteiger partial charge is 0.378 e. The Balaban J connectivity index is 2.22. The van der Waals surface area contributed by atoms with Gasteiger partial charge >= 0.3 is 0 Å². The number of pyridine rings is 1. The molecule has 1 aromatic heterocycles. The summed E-state index contributed by atoms with van der Waals surface area (Å²) in [6.07, 6.45) is 1.82. The first kappa shape index (κ1) is 10.4. The molecular formula is C9H10Br2N2O. The third-order valence-electron chi connectivity index (χ3n) is 2.10. The Morgan fingerprint density at radius 1 is 1.29 bits per heavy atom. The van der Waals surface area contributed by atoms with Crippen molar-refractivity contribution in [3.05, 3.63) is 21.2 Å². The second-order valence-electron chi connectivity index (χ2n) is 3.06. The second-order valence-corrected chi connectivity index (χ2v) is 4.83. The van der Waals surface area contributed by atoms with Gasteiger partial charge in [-0.3, -0.25) is 0 Å². The van der Waals surface area contributed by atoms with E-state index in [1.807, 2.05) is 12.3 Å². The summed E-state index contributed by atoms with van der Waals surface area (Å²) in [6, 6.07) is 2.01. The molecule has 3 nitrogen and oxygen atoms in total. The number of morpholine rings is 1. The van der Waals surface area contributed by atoms with E-state index in [-0.39, 0.29) is 0 Å². The fourth-order valence-corrected chi connectivity index (χ4v) is 2.65. The minimum absolute atomic E-state index is 0.782. The van der Waals surface area contributed by atoms with Gasteiger partial charge in [-0.25, -0.2) is 4.98 Å². The van der Waals surface area contributed by atoms with E-state index in [1.165, 1.54) is 0 Å². The zero-order valence-electron chi connectivity index (χ0n) is 7.54. The van der Waals surface area contributed by atoms with Crippen LogP contribution in [0.3, 0.4) is 0 Å². The van der Waals surface area contributed by atoms with Crippen molar-refractivity contribution in [1.82, 2.24) is 4.98 Å². The molecule has 0 aliphatic carbocycles. The van der Waals surface area contributed by atoms with Crippen LogP contribution in [0, 0.1) is 0 Å². The molecule has 0 N–H and O–H groups in total. The lowest BCUT2D eigenvalue weighted by Gasteiger charge is -2.28. The smallest absolute Gasteiger partial charge is 0.143 e. The summed E-state index contributed by atoms with van der Waals surface area (Å²) in [5, 5.41) is 0. The van der Waals surface area contributed by atoms with Gasteiger partial charge in [0.1, 0.15) is 5.82 Å². The third kappa shape index (κ3) is 2.27. The van der Waals surface area contributed by atoms with Crippen molar-refractivity contribution in [2.24, 2.45) is 0 Å². The van der Waals surface area contributed by atoms with Crippen molar-refractivity contribution >= 4 is 37.7 Å². The van der Waals surface area contributed by atoms with E-state index in [1.54, 1.807) is 0 Å². The predicted octanol–water partition coefficient (Wildman–Crippen LogP) is 2.44. The molecule has 1 fully saturated rings. The van der Waals surface area contributed by atoms with Crippen LogP contribution >= 0.6 is 31.9 Å². The molecule has 0 unspecified atom stereocenters. The summed E-state index contributed by atoms with van der Waals surface area (Å²) >= 11 is 6.89. The van der Waals surface area contributed by atoms with Gasteiger partial charge in [-0.2, -0.15) is 0 Å². The molecule has 0 atom stereocenters. The third-order valence-corrected chi connectivity index (χ3v) is 3.12. The van der Waals surface area contributed by atoms with Crippen LogP contribution in [0.1, 0.15) is 0 Å². The maximum absolute atomic E-state index is 5.29. The lowest BCUT2D eigenvalue weighted by molar-refractivity contribution is 0.122. The average molecular weight is 322 g/mol. The maximum Gasteiger partial charge on any atom is 0.143 e. The first-order valence-electron chi connectivity index (χ1n) is 4.41. The van der Waals surface area contributed by atoms with Gasteiger partial charge in [0.2, 0.25) is 0 Å². The number of anilines is 1. The van der Waals surface area contributed by atoms with Crippen LogP contribution in [0.4, 0.5) is 5.82 Å². The van der Waals surface area contributed by atoms with Crippen molar-refractivity contribution < 1.29 is 4.74 Å². The molecular weight excluding hydrogens is 312 g/mol. The summed E-state index contributed by atoms with van der Waals surface area (Å²) in [5.41, 5.74) is 0. The number of halogens is 2. The highest BCUT2D eigenvalue weighted by molar-refractivity contribution is 9.11. The number of nitrogens with zero attached hydrogens (tertiary/aromatic N) is 2. The molecule has 2 rings (SSSR count). The Kier molecular flexibility index (Phi) is 3.41. The predicted molar refractivity (Wildman–Crippen MR) is 62.7 cm³/mol. The molecule has 2 heterocycles. The van der Waals surface area contributed by atoms with Crippen LogP contribution in [0.5, 0.6) is 0 Å². The van der Waals surface area contributed by atoms with Gasteiger partial charge in [-0.15, -0.1) is 0 Å². The highest BCUT2D eigenvalue weighted by atomic mass is 79.9. The van der Waals surface area contributed by atoms with Crippen molar-refractivity contribution in [2.75, 3.05) is 31.2 Å². The number of aromatic nitrogens is 1. The average Bonchev–Trinajstić information content (AvgIpc) is 2.19. The van der Waals surface area contributed by atoms with Gasteiger partial charge in [0, 0.05) is 23.8 Å². The fraction of sp³-hybridized carbons (Fsp3) is 0.444. The highest BCUT2D eigenvalue weighted by Gasteiger charge is 2.14. The first-order valence-corrected chi connectivity index (χ1v) is 6.00. The van der Waals surface area contributed by atoms with Gasteiger partial charge in [-0.05, 0) is 37.9 Å². The van der Waals surface area contributed by atoms with E-state index >= 15 is 0 Å². The standard InChI is InChI=1S/C9H10Br2N2O/c10-7-5-8(11)9(12-6-7)13-1-3-14-4-2-13/h5-6H,1-4H2. The van der Waals surface area contributed by atoms with Crippen LogP contribution in [0.25, 0.3) is 0 Å². The van der Waals surface area contributed by atoms with Crippen LogP contribution in [0.15, 0.2) is 21.2 Å². The molecule has 1 saturated heterocycles. The molecule has 0 saturated carbocycles. The molecule has 1 aliphatic rings. The Morgan fingerprint density at radius 2 is 2.00 bits per heavy atom. The molecule has 1 aromatic rings. The van der Waals surface area contributed by atoms with Crippen molar-refractivity contribution in [1.29, 1.82) is 0 Å². The lowest BCUT2D eigenvalue weighted by Crippen LogP contribution is -2.36. The van der Waals surface area contributed by atoms with Gasteiger partial charge in [0.25, 0.3) is 0 Å². The van der Waals surface area contributed by atoms with Gasteiger partial charge < -0.3 is 9.64 Å². The normalized spacial score (nSPS) is 17.1. The van der Waals surface area contributed by atoms with E-state index < -0.39 is 0 Å². The molecule has 0 radical (unpaired) electrons. The number of ether oxygens (including phenoxy) is 1. The number of hydrogen-bond donors (Lipinski definition) is 0. The van der Waals surface area contributed by atoms with Gasteiger partial charge in [-0.1, -0.05) is 0 Å². The summed E-state index contributed by atoms with van der Waals surface area (Å²) in [7, 11) is 0.